The Kier molecular flexibility index (Phi) is 11.1. The summed E-state index contributed by atoms with van der Waals surface area (Å²) in [6.45, 7) is 18.6. The summed E-state index contributed by atoms with van der Waals surface area (Å²) >= 11 is 0. The molecule has 1 N–H and O–H groups in total. The number of nitrogens with zero attached hydrogens (tertiary/aromatic N) is 4. The van der Waals surface area contributed by atoms with Crippen LogP contribution in [0, 0.1) is 0 Å². The number of nitrogens with one attached hydrogen (secondary N) is 1. The minimum atomic E-state index is 0.324. The molecule has 0 aliphatic carbocycles. The first-order valence-electron chi connectivity index (χ1n) is 10.3. The number of rotatable bonds is 3. The molecule has 154 valence electrons. The van der Waals surface area contributed by atoms with Crippen molar-refractivity contribution in [2.45, 2.75) is 72.4 Å². The molecular weight excluding hydrogens is 338 g/mol. The number of amides is 1. The highest BCUT2D eigenvalue weighted by Crippen LogP contribution is 2.12. The Hall–Kier alpha value is -1.53. The van der Waals surface area contributed by atoms with E-state index in [1.165, 1.54) is 13.1 Å². The fraction of sp³-hybridized carbons (Fsp3) is 0.762. The van der Waals surface area contributed by atoms with Crippen molar-refractivity contribution in [1.29, 1.82) is 0 Å². The van der Waals surface area contributed by atoms with Crippen LogP contribution in [0.25, 0.3) is 0 Å². The zero-order valence-electron chi connectivity index (χ0n) is 18.1. The summed E-state index contributed by atoms with van der Waals surface area (Å²) in [7, 11) is 0. The molecule has 6 nitrogen and oxygen atoms in total. The first kappa shape index (κ1) is 23.5. The normalized spacial score (nSPS) is 17.7. The van der Waals surface area contributed by atoms with Crippen molar-refractivity contribution in [1.82, 2.24) is 25.3 Å². The Labute approximate surface area is 165 Å². The third kappa shape index (κ3) is 9.29. The number of aromatic nitrogens is 2. The van der Waals surface area contributed by atoms with E-state index in [-0.39, 0.29) is 0 Å². The molecule has 2 fully saturated rings. The molecule has 6 heteroatoms. The van der Waals surface area contributed by atoms with Gasteiger partial charge in [0.05, 0.1) is 5.69 Å². The molecule has 0 saturated carbocycles. The van der Waals surface area contributed by atoms with Gasteiger partial charge < -0.3 is 10.2 Å². The Bertz CT molecular complexity index is 513. The smallest absolute Gasteiger partial charge is 0.222 e. The Morgan fingerprint density at radius 2 is 1.67 bits per heavy atom. The van der Waals surface area contributed by atoms with E-state index in [1.807, 2.05) is 17.0 Å². The summed E-state index contributed by atoms with van der Waals surface area (Å²) < 4.78 is 0. The largest absolute Gasteiger partial charge is 0.340 e. The molecule has 27 heavy (non-hydrogen) atoms. The summed E-state index contributed by atoms with van der Waals surface area (Å²) in [5.74, 6) is 0.809. The molecule has 0 atom stereocenters. The lowest BCUT2D eigenvalue weighted by Gasteiger charge is -2.30. The van der Waals surface area contributed by atoms with Gasteiger partial charge in [0.2, 0.25) is 5.91 Å². The summed E-state index contributed by atoms with van der Waals surface area (Å²) in [5, 5.41) is 11.0. The molecule has 0 aromatic carbocycles. The summed E-state index contributed by atoms with van der Waals surface area (Å²) in [5.41, 5.74) is 1.05. The lowest BCUT2D eigenvalue weighted by molar-refractivity contribution is -0.129. The molecule has 1 aromatic rings. The highest BCUT2D eigenvalue weighted by molar-refractivity contribution is 5.78. The van der Waals surface area contributed by atoms with E-state index < -0.39 is 0 Å². The lowest BCUT2D eigenvalue weighted by Crippen LogP contribution is -2.46. The molecule has 3 heterocycles. The van der Waals surface area contributed by atoms with Crippen LogP contribution in [0.15, 0.2) is 18.3 Å². The van der Waals surface area contributed by atoms with E-state index in [9.17, 15) is 4.79 Å². The second-order valence-corrected chi connectivity index (χ2v) is 7.97. The fourth-order valence-electron chi connectivity index (χ4n) is 3.04. The van der Waals surface area contributed by atoms with Gasteiger partial charge in [-0.25, -0.2) is 0 Å². The van der Waals surface area contributed by atoms with Crippen LogP contribution in [0.2, 0.25) is 0 Å². The van der Waals surface area contributed by atoms with Crippen molar-refractivity contribution in [3.05, 3.63) is 24.0 Å². The maximum Gasteiger partial charge on any atom is 0.222 e. The van der Waals surface area contributed by atoms with Crippen LogP contribution in [0.4, 0.5) is 0 Å². The predicted octanol–water partition coefficient (Wildman–Crippen LogP) is 2.92. The van der Waals surface area contributed by atoms with Gasteiger partial charge in [-0.2, -0.15) is 10.2 Å². The summed E-state index contributed by atoms with van der Waals surface area (Å²) in [4.78, 5) is 15.4. The Morgan fingerprint density at radius 3 is 1.96 bits per heavy atom. The zero-order valence-corrected chi connectivity index (χ0v) is 18.1. The number of hydrogen-bond donors (Lipinski definition) is 1. The highest BCUT2D eigenvalue weighted by Gasteiger charge is 2.21. The van der Waals surface area contributed by atoms with Gasteiger partial charge in [0.25, 0.3) is 0 Å². The molecular formula is C21H39N5O. The van der Waals surface area contributed by atoms with E-state index in [2.05, 4.69) is 62.0 Å². The zero-order chi connectivity index (χ0) is 20.2. The molecule has 0 unspecified atom stereocenters. The van der Waals surface area contributed by atoms with Crippen LogP contribution in [-0.2, 0) is 4.79 Å². The monoisotopic (exact) mass is 377 g/mol. The van der Waals surface area contributed by atoms with Gasteiger partial charge in [-0.3, -0.25) is 9.69 Å². The van der Waals surface area contributed by atoms with Gasteiger partial charge in [-0.1, -0.05) is 13.8 Å². The predicted molar refractivity (Wildman–Crippen MR) is 112 cm³/mol. The van der Waals surface area contributed by atoms with Crippen molar-refractivity contribution in [3.63, 3.8) is 0 Å². The average molecular weight is 378 g/mol. The molecule has 2 aliphatic rings. The van der Waals surface area contributed by atoms with Crippen LogP contribution >= 0.6 is 0 Å². The molecule has 0 bridgehead atoms. The second kappa shape index (κ2) is 12.8. The number of carbonyl (C=O) groups is 1. The van der Waals surface area contributed by atoms with Crippen molar-refractivity contribution >= 4 is 5.91 Å². The van der Waals surface area contributed by atoms with Gasteiger partial charge in [-0.15, -0.1) is 0 Å². The first-order chi connectivity index (χ1) is 12.8. The van der Waals surface area contributed by atoms with Crippen molar-refractivity contribution < 1.29 is 4.79 Å². The van der Waals surface area contributed by atoms with Crippen LogP contribution in [0.3, 0.4) is 0 Å². The van der Waals surface area contributed by atoms with Crippen LogP contribution in [0.1, 0.15) is 66.0 Å². The molecule has 2 saturated heterocycles. The van der Waals surface area contributed by atoms with Crippen molar-refractivity contribution in [2.75, 3.05) is 32.7 Å². The Morgan fingerprint density at radius 1 is 1.00 bits per heavy atom. The lowest BCUT2D eigenvalue weighted by atomic mass is 10.1. The maximum atomic E-state index is 10.9. The topological polar surface area (TPSA) is 61.4 Å². The summed E-state index contributed by atoms with van der Waals surface area (Å²) in [6, 6.07) is 5.02. The SMILES string of the molecule is CC(C)N1CCCC1=O.CC(C)N1CCNCC1.CC(C)c1cccnn1. The first-order valence-corrected chi connectivity index (χ1v) is 10.3. The second-order valence-electron chi connectivity index (χ2n) is 7.97. The number of hydrogen-bond acceptors (Lipinski definition) is 5. The van der Waals surface area contributed by atoms with E-state index in [0.717, 1.165) is 44.2 Å². The van der Waals surface area contributed by atoms with Gasteiger partial charge in [0.15, 0.2) is 0 Å². The van der Waals surface area contributed by atoms with E-state index in [1.54, 1.807) is 6.20 Å². The van der Waals surface area contributed by atoms with Gasteiger partial charge in [-0.05, 0) is 52.2 Å². The van der Waals surface area contributed by atoms with Crippen molar-refractivity contribution in [2.24, 2.45) is 0 Å². The minimum absolute atomic E-state index is 0.324. The average Bonchev–Trinajstić information content (AvgIpc) is 3.10. The minimum Gasteiger partial charge on any atom is -0.340 e. The molecule has 1 aromatic heterocycles. The van der Waals surface area contributed by atoms with Crippen molar-refractivity contribution in [3.8, 4) is 0 Å². The number of likely N-dealkylation sites (tertiary alicyclic amines) is 1. The third-order valence-corrected chi connectivity index (χ3v) is 4.80. The standard InChI is InChI=1S/C7H16N2.C7H10N2.C7H13NO/c1-7(2)9-5-3-8-4-6-9;1-6(2)7-4-3-5-8-9-7;1-6(2)8-5-3-4-7(8)9/h7-8H,3-6H2,1-2H3;3-6H,1-2H3;6H,3-5H2,1-2H3. The van der Waals surface area contributed by atoms with Crippen LogP contribution < -0.4 is 5.32 Å². The molecule has 0 radical (unpaired) electrons. The fourth-order valence-corrected chi connectivity index (χ4v) is 3.04. The van der Waals surface area contributed by atoms with Gasteiger partial charge in [0.1, 0.15) is 0 Å². The van der Waals surface area contributed by atoms with E-state index in [4.69, 9.17) is 0 Å². The summed E-state index contributed by atoms with van der Waals surface area (Å²) in [6.07, 6.45) is 3.50. The molecule has 3 rings (SSSR count). The van der Waals surface area contributed by atoms with Gasteiger partial charge in [0, 0.05) is 57.4 Å². The van der Waals surface area contributed by atoms with Crippen LogP contribution in [-0.4, -0.2) is 70.7 Å². The quantitative estimate of drug-likeness (QED) is 0.878. The Balaban J connectivity index is 0.000000202. The molecule has 1 amide bonds. The van der Waals surface area contributed by atoms with Crippen LogP contribution in [0.5, 0.6) is 0 Å². The van der Waals surface area contributed by atoms with E-state index in [0.29, 0.717) is 17.9 Å². The third-order valence-electron chi connectivity index (χ3n) is 4.80. The number of piperazine rings is 1. The number of carbonyl (C=O) groups excluding carboxylic acids is 1. The van der Waals surface area contributed by atoms with Gasteiger partial charge >= 0.3 is 0 Å². The van der Waals surface area contributed by atoms with E-state index >= 15 is 0 Å². The molecule has 2 aliphatic heterocycles. The molecule has 0 spiro atoms. The highest BCUT2D eigenvalue weighted by atomic mass is 16.2. The maximum absolute atomic E-state index is 10.9.